The first-order valence-electron chi connectivity index (χ1n) is 6.50. The van der Waals surface area contributed by atoms with Crippen molar-refractivity contribution in [3.63, 3.8) is 0 Å². The maximum atomic E-state index is 5.94. The molecule has 1 N–H and O–H groups in total. The maximum Gasteiger partial charge on any atom is 0.143 e. The SMILES string of the molecule is CCCNCC1CCCN1c1ncc(Cl)cc1Br. The van der Waals surface area contributed by atoms with Gasteiger partial charge in [0.15, 0.2) is 0 Å². The van der Waals surface area contributed by atoms with Gasteiger partial charge in [-0.05, 0) is 47.8 Å². The van der Waals surface area contributed by atoms with Gasteiger partial charge in [-0.15, -0.1) is 0 Å². The predicted octanol–water partition coefficient (Wildman–Crippen LogP) is 3.47. The Balaban J connectivity index is 2.06. The van der Waals surface area contributed by atoms with E-state index in [0.717, 1.165) is 29.9 Å². The third-order valence-electron chi connectivity index (χ3n) is 3.24. The third kappa shape index (κ3) is 3.37. The number of rotatable bonds is 5. The van der Waals surface area contributed by atoms with Crippen LogP contribution in [0.4, 0.5) is 5.82 Å². The van der Waals surface area contributed by atoms with Crippen LogP contribution in [0.3, 0.4) is 0 Å². The lowest BCUT2D eigenvalue weighted by Crippen LogP contribution is -2.38. The molecular weight excluding hydrogens is 314 g/mol. The van der Waals surface area contributed by atoms with Gasteiger partial charge >= 0.3 is 0 Å². The van der Waals surface area contributed by atoms with Crippen molar-refractivity contribution in [2.24, 2.45) is 0 Å². The molecular formula is C13H19BrClN3. The standard InChI is InChI=1S/C13H19BrClN3/c1-2-5-16-9-11-4-3-6-18(11)13-12(14)7-10(15)8-17-13/h7-8,11,16H,2-6,9H2,1H3. The zero-order valence-electron chi connectivity index (χ0n) is 10.6. The van der Waals surface area contributed by atoms with Crippen LogP contribution in [0.25, 0.3) is 0 Å². The predicted molar refractivity (Wildman–Crippen MR) is 80.5 cm³/mol. The fourth-order valence-electron chi connectivity index (χ4n) is 2.39. The molecule has 1 aliphatic heterocycles. The monoisotopic (exact) mass is 331 g/mol. The number of nitrogens with zero attached hydrogens (tertiary/aromatic N) is 2. The topological polar surface area (TPSA) is 28.2 Å². The van der Waals surface area contributed by atoms with Gasteiger partial charge in [0.2, 0.25) is 0 Å². The molecule has 1 atom stereocenters. The van der Waals surface area contributed by atoms with E-state index < -0.39 is 0 Å². The van der Waals surface area contributed by atoms with Crippen molar-refractivity contribution >= 4 is 33.3 Å². The Hall–Kier alpha value is -0.320. The van der Waals surface area contributed by atoms with Gasteiger partial charge in [-0.25, -0.2) is 4.98 Å². The number of pyridine rings is 1. The molecule has 0 spiro atoms. The second-order valence-corrected chi connectivity index (χ2v) is 5.94. The molecule has 100 valence electrons. The van der Waals surface area contributed by atoms with Gasteiger partial charge in [-0.1, -0.05) is 18.5 Å². The summed E-state index contributed by atoms with van der Waals surface area (Å²) in [5.41, 5.74) is 0. The lowest BCUT2D eigenvalue weighted by Gasteiger charge is -2.27. The Labute approximate surface area is 122 Å². The molecule has 0 saturated carbocycles. The molecule has 5 heteroatoms. The van der Waals surface area contributed by atoms with Gasteiger partial charge in [0.05, 0.1) is 9.50 Å². The molecule has 3 nitrogen and oxygen atoms in total. The van der Waals surface area contributed by atoms with E-state index in [4.69, 9.17) is 11.6 Å². The smallest absolute Gasteiger partial charge is 0.143 e. The zero-order chi connectivity index (χ0) is 13.0. The average Bonchev–Trinajstić information content (AvgIpc) is 2.78. The third-order valence-corrected chi connectivity index (χ3v) is 4.03. The molecule has 1 aromatic heterocycles. The summed E-state index contributed by atoms with van der Waals surface area (Å²) < 4.78 is 0.984. The lowest BCUT2D eigenvalue weighted by molar-refractivity contribution is 0.568. The highest BCUT2D eigenvalue weighted by Gasteiger charge is 2.26. The minimum absolute atomic E-state index is 0.543. The Morgan fingerprint density at radius 1 is 1.61 bits per heavy atom. The maximum absolute atomic E-state index is 5.94. The van der Waals surface area contributed by atoms with Gasteiger partial charge in [0.1, 0.15) is 5.82 Å². The van der Waals surface area contributed by atoms with Crippen molar-refractivity contribution in [1.29, 1.82) is 0 Å². The van der Waals surface area contributed by atoms with E-state index in [-0.39, 0.29) is 0 Å². The lowest BCUT2D eigenvalue weighted by atomic mass is 10.2. The summed E-state index contributed by atoms with van der Waals surface area (Å²) in [4.78, 5) is 6.84. The number of aromatic nitrogens is 1. The highest BCUT2D eigenvalue weighted by molar-refractivity contribution is 9.10. The minimum Gasteiger partial charge on any atom is -0.351 e. The van der Waals surface area contributed by atoms with E-state index in [9.17, 15) is 0 Å². The molecule has 0 amide bonds. The Morgan fingerprint density at radius 2 is 2.44 bits per heavy atom. The van der Waals surface area contributed by atoms with Crippen molar-refractivity contribution in [1.82, 2.24) is 10.3 Å². The average molecular weight is 333 g/mol. The normalized spacial score (nSPS) is 19.5. The second kappa shape index (κ2) is 6.73. The zero-order valence-corrected chi connectivity index (χ0v) is 13.0. The first kappa shape index (κ1) is 14.1. The summed E-state index contributed by atoms with van der Waals surface area (Å²) in [6.45, 7) is 5.38. The molecule has 1 unspecified atom stereocenters. The minimum atomic E-state index is 0.543. The highest BCUT2D eigenvalue weighted by atomic mass is 79.9. The highest BCUT2D eigenvalue weighted by Crippen LogP contribution is 2.31. The van der Waals surface area contributed by atoms with Gasteiger partial charge in [-0.3, -0.25) is 0 Å². The number of hydrogen-bond donors (Lipinski definition) is 1. The summed E-state index contributed by atoms with van der Waals surface area (Å²) in [7, 11) is 0. The van der Waals surface area contributed by atoms with Crippen molar-refractivity contribution in [3.8, 4) is 0 Å². The van der Waals surface area contributed by atoms with Crippen molar-refractivity contribution in [3.05, 3.63) is 21.8 Å². The summed E-state index contributed by atoms with van der Waals surface area (Å²) in [6, 6.07) is 2.46. The van der Waals surface area contributed by atoms with Gasteiger partial charge < -0.3 is 10.2 Å². The molecule has 2 heterocycles. The van der Waals surface area contributed by atoms with Crippen LogP contribution in [-0.4, -0.2) is 30.7 Å². The Kier molecular flexibility index (Phi) is 5.27. The van der Waals surface area contributed by atoms with Crippen LogP contribution in [0.15, 0.2) is 16.7 Å². The molecule has 0 aliphatic carbocycles. The summed E-state index contributed by atoms with van der Waals surface area (Å²) in [5.74, 6) is 1.01. The van der Waals surface area contributed by atoms with Crippen LogP contribution in [0.5, 0.6) is 0 Å². The first-order valence-corrected chi connectivity index (χ1v) is 7.68. The van der Waals surface area contributed by atoms with Crippen LogP contribution >= 0.6 is 27.5 Å². The van der Waals surface area contributed by atoms with E-state index in [2.05, 4.69) is 38.1 Å². The number of hydrogen-bond acceptors (Lipinski definition) is 3. The second-order valence-electron chi connectivity index (χ2n) is 4.65. The van der Waals surface area contributed by atoms with Crippen LogP contribution in [0, 0.1) is 0 Å². The molecule has 1 fully saturated rings. The van der Waals surface area contributed by atoms with Crippen molar-refractivity contribution in [2.45, 2.75) is 32.2 Å². The van der Waals surface area contributed by atoms with Crippen LogP contribution in [0.1, 0.15) is 26.2 Å². The van der Waals surface area contributed by atoms with Crippen LogP contribution < -0.4 is 10.2 Å². The molecule has 1 aromatic rings. The van der Waals surface area contributed by atoms with Crippen molar-refractivity contribution < 1.29 is 0 Å². The van der Waals surface area contributed by atoms with E-state index in [1.165, 1.54) is 19.3 Å². The van der Waals surface area contributed by atoms with E-state index in [0.29, 0.717) is 11.1 Å². The quantitative estimate of drug-likeness (QED) is 0.837. The molecule has 18 heavy (non-hydrogen) atoms. The van der Waals surface area contributed by atoms with E-state index in [1.54, 1.807) is 6.20 Å². The van der Waals surface area contributed by atoms with Crippen LogP contribution in [-0.2, 0) is 0 Å². The molecule has 1 saturated heterocycles. The van der Waals surface area contributed by atoms with Gasteiger partial charge in [0.25, 0.3) is 0 Å². The summed E-state index contributed by atoms with van der Waals surface area (Å²) in [6.07, 6.45) is 5.36. The number of halogens is 2. The number of nitrogens with one attached hydrogen (secondary N) is 1. The molecule has 1 aliphatic rings. The molecule has 0 bridgehead atoms. The molecule has 0 aromatic carbocycles. The molecule has 0 radical (unpaired) electrons. The molecule has 2 rings (SSSR count). The summed E-state index contributed by atoms with van der Waals surface area (Å²) >= 11 is 9.50. The van der Waals surface area contributed by atoms with Gasteiger partial charge in [-0.2, -0.15) is 0 Å². The fourth-order valence-corrected chi connectivity index (χ4v) is 3.26. The summed E-state index contributed by atoms with van der Waals surface area (Å²) in [5, 5.41) is 4.17. The Bertz CT molecular complexity index is 400. The van der Waals surface area contributed by atoms with E-state index in [1.807, 2.05) is 6.07 Å². The van der Waals surface area contributed by atoms with Gasteiger partial charge in [0, 0.05) is 25.3 Å². The van der Waals surface area contributed by atoms with Crippen molar-refractivity contribution in [2.75, 3.05) is 24.5 Å². The van der Waals surface area contributed by atoms with Crippen LogP contribution in [0.2, 0.25) is 5.02 Å². The number of anilines is 1. The Morgan fingerprint density at radius 3 is 3.17 bits per heavy atom. The largest absolute Gasteiger partial charge is 0.351 e. The van der Waals surface area contributed by atoms with E-state index >= 15 is 0 Å². The fraction of sp³-hybridized carbons (Fsp3) is 0.615. The first-order chi connectivity index (χ1) is 8.72.